The lowest BCUT2D eigenvalue weighted by atomic mass is 10.1. The molecule has 1 aliphatic carbocycles. The van der Waals surface area contributed by atoms with Crippen LogP contribution in [0.5, 0.6) is 0 Å². The number of non-ortho nitro benzene ring substituents is 1. The monoisotopic (exact) mass is 332 g/mol. The van der Waals surface area contributed by atoms with Crippen LogP contribution in [0.3, 0.4) is 0 Å². The van der Waals surface area contributed by atoms with E-state index >= 15 is 0 Å². The van der Waals surface area contributed by atoms with E-state index < -0.39 is 9.85 Å². The number of nitro benzene ring substituents is 2. The summed E-state index contributed by atoms with van der Waals surface area (Å²) in [5, 5.41) is 21.8. The SMILES string of the molecule is O=[N+]([O-])c1ccc(SO[C@@H]2CCc3ccccc32)c([N+](=O)[O-])c1. The van der Waals surface area contributed by atoms with Crippen molar-refractivity contribution in [3.8, 4) is 0 Å². The van der Waals surface area contributed by atoms with E-state index in [1.54, 1.807) is 0 Å². The molecule has 2 aromatic rings. The van der Waals surface area contributed by atoms with Gasteiger partial charge in [-0.3, -0.25) is 20.2 Å². The molecule has 23 heavy (non-hydrogen) atoms. The molecule has 0 amide bonds. The van der Waals surface area contributed by atoms with E-state index in [0.717, 1.165) is 36.5 Å². The van der Waals surface area contributed by atoms with Crippen LogP contribution >= 0.6 is 12.0 Å². The molecule has 118 valence electrons. The molecule has 0 unspecified atom stereocenters. The fraction of sp³-hybridized carbons (Fsp3) is 0.200. The lowest BCUT2D eigenvalue weighted by Gasteiger charge is -2.11. The van der Waals surface area contributed by atoms with E-state index in [1.165, 1.54) is 17.7 Å². The van der Waals surface area contributed by atoms with Gasteiger partial charge in [0.25, 0.3) is 11.4 Å². The maximum atomic E-state index is 11.1. The fourth-order valence-corrected chi connectivity index (χ4v) is 3.32. The van der Waals surface area contributed by atoms with Gasteiger partial charge in [0.05, 0.1) is 22.0 Å². The number of fused-ring (bicyclic) bond motifs is 1. The summed E-state index contributed by atoms with van der Waals surface area (Å²) in [5.74, 6) is 0. The second-order valence-corrected chi connectivity index (χ2v) is 5.87. The maximum Gasteiger partial charge on any atom is 0.292 e. The van der Waals surface area contributed by atoms with Gasteiger partial charge in [0.2, 0.25) is 0 Å². The Kier molecular flexibility index (Phi) is 4.26. The molecule has 0 radical (unpaired) electrons. The van der Waals surface area contributed by atoms with Crippen LogP contribution in [-0.2, 0) is 10.6 Å². The second kappa shape index (κ2) is 6.35. The third-order valence-corrected chi connectivity index (χ3v) is 4.54. The van der Waals surface area contributed by atoms with Gasteiger partial charge < -0.3 is 4.18 Å². The highest BCUT2D eigenvalue weighted by atomic mass is 32.2. The van der Waals surface area contributed by atoms with Crippen molar-refractivity contribution in [2.24, 2.45) is 0 Å². The Labute approximate surface area is 135 Å². The minimum atomic E-state index is -0.657. The summed E-state index contributed by atoms with van der Waals surface area (Å²) < 4.78 is 5.75. The zero-order valence-electron chi connectivity index (χ0n) is 11.9. The first-order valence-electron chi connectivity index (χ1n) is 6.90. The standard InChI is InChI=1S/C15H12N2O5S/c18-16(19)11-6-8-15(13(9-11)17(20)21)23-22-14-7-5-10-3-1-2-4-12(10)14/h1-4,6,8-9,14H,5,7H2/t14-/m1/s1. The molecule has 3 rings (SSSR count). The Bertz CT molecular complexity index is 780. The van der Waals surface area contributed by atoms with Crippen molar-refractivity contribution in [3.05, 3.63) is 73.8 Å². The molecule has 2 aromatic carbocycles. The molecule has 0 aromatic heterocycles. The molecule has 1 atom stereocenters. The molecule has 7 nitrogen and oxygen atoms in total. The van der Waals surface area contributed by atoms with E-state index in [2.05, 4.69) is 0 Å². The smallest absolute Gasteiger partial charge is 0.292 e. The van der Waals surface area contributed by atoms with Crippen molar-refractivity contribution in [1.82, 2.24) is 0 Å². The first-order chi connectivity index (χ1) is 11.1. The van der Waals surface area contributed by atoms with Crippen molar-refractivity contribution in [1.29, 1.82) is 0 Å². The fourth-order valence-electron chi connectivity index (χ4n) is 2.56. The largest absolute Gasteiger partial charge is 0.302 e. The summed E-state index contributed by atoms with van der Waals surface area (Å²) in [4.78, 5) is 20.8. The van der Waals surface area contributed by atoms with Crippen LogP contribution in [0.1, 0.15) is 23.7 Å². The number of hydrogen-bond acceptors (Lipinski definition) is 6. The molecule has 0 N–H and O–H groups in total. The highest BCUT2D eigenvalue weighted by Gasteiger charge is 2.26. The highest BCUT2D eigenvalue weighted by molar-refractivity contribution is 7.94. The molecular weight excluding hydrogens is 320 g/mol. The molecule has 0 aliphatic heterocycles. The van der Waals surface area contributed by atoms with Crippen LogP contribution in [0.2, 0.25) is 0 Å². The molecule has 0 heterocycles. The van der Waals surface area contributed by atoms with E-state index in [-0.39, 0.29) is 22.4 Å². The Morgan fingerprint density at radius 1 is 1.09 bits per heavy atom. The van der Waals surface area contributed by atoms with Gasteiger partial charge in [-0.1, -0.05) is 24.3 Å². The first-order valence-corrected chi connectivity index (χ1v) is 7.64. The Balaban J connectivity index is 1.79. The number of aryl methyl sites for hydroxylation is 1. The van der Waals surface area contributed by atoms with Crippen molar-refractivity contribution in [2.45, 2.75) is 23.8 Å². The number of benzene rings is 2. The zero-order valence-corrected chi connectivity index (χ0v) is 12.7. The van der Waals surface area contributed by atoms with Crippen molar-refractivity contribution >= 4 is 23.4 Å². The Morgan fingerprint density at radius 2 is 1.87 bits per heavy atom. The van der Waals surface area contributed by atoms with E-state index in [0.29, 0.717) is 0 Å². The second-order valence-electron chi connectivity index (χ2n) is 5.07. The summed E-state index contributed by atoms with van der Waals surface area (Å²) in [5.41, 5.74) is 1.67. The molecule has 0 saturated carbocycles. The molecular formula is C15H12N2O5S. The number of nitro groups is 2. The summed E-state index contributed by atoms with van der Waals surface area (Å²) in [6.07, 6.45) is 1.59. The van der Waals surface area contributed by atoms with Gasteiger partial charge in [0.15, 0.2) is 0 Å². The minimum Gasteiger partial charge on any atom is -0.302 e. The van der Waals surface area contributed by atoms with Crippen molar-refractivity contribution in [2.75, 3.05) is 0 Å². The van der Waals surface area contributed by atoms with Gasteiger partial charge in [-0.15, -0.1) is 0 Å². The third kappa shape index (κ3) is 3.17. The van der Waals surface area contributed by atoms with Crippen LogP contribution in [0.15, 0.2) is 47.4 Å². The minimum absolute atomic E-state index is 0.133. The topological polar surface area (TPSA) is 95.5 Å². The Hall–Kier alpha value is -2.45. The molecule has 0 spiro atoms. The van der Waals surface area contributed by atoms with E-state index in [1.807, 2.05) is 24.3 Å². The van der Waals surface area contributed by atoms with Crippen LogP contribution < -0.4 is 0 Å². The summed E-state index contributed by atoms with van der Waals surface area (Å²) in [6.45, 7) is 0. The molecule has 8 heteroatoms. The number of hydrogen-bond donors (Lipinski definition) is 0. The van der Waals surface area contributed by atoms with Crippen LogP contribution in [-0.4, -0.2) is 9.85 Å². The van der Waals surface area contributed by atoms with Gasteiger partial charge in [-0.2, -0.15) is 0 Å². The average molecular weight is 332 g/mol. The van der Waals surface area contributed by atoms with Crippen LogP contribution in [0.25, 0.3) is 0 Å². The van der Waals surface area contributed by atoms with Crippen LogP contribution in [0, 0.1) is 20.2 Å². The predicted molar refractivity (Wildman–Crippen MR) is 84.2 cm³/mol. The lowest BCUT2D eigenvalue weighted by Crippen LogP contribution is -1.97. The number of rotatable bonds is 5. The quantitative estimate of drug-likeness (QED) is 0.462. The highest BCUT2D eigenvalue weighted by Crippen LogP contribution is 2.41. The zero-order chi connectivity index (χ0) is 16.4. The van der Waals surface area contributed by atoms with Gasteiger partial charge in [0.1, 0.15) is 4.90 Å². The maximum absolute atomic E-state index is 11.1. The lowest BCUT2D eigenvalue weighted by molar-refractivity contribution is -0.396. The third-order valence-electron chi connectivity index (χ3n) is 3.68. The first kappa shape index (κ1) is 15.4. The summed E-state index contributed by atoms with van der Waals surface area (Å²) in [6, 6.07) is 11.5. The van der Waals surface area contributed by atoms with Gasteiger partial charge in [-0.25, -0.2) is 0 Å². The molecule has 1 aliphatic rings. The van der Waals surface area contributed by atoms with Gasteiger partial charge in [-0.05, 0) is 30.0 Å². The molecule has 0 bridgehead atoms. The number of nitrogens with zero attached hydrogens (tertiary/aromatic N) is 2. The predicted octanol–water partition coefficient (Wildman–Crippen LogP) is 4.21. The average Bonchev–Trinajstić information content (AvgIpc) is 2.95. The van der Waals surface area contributed by atoms with E-state index in [4.69, 9.17) is 4.18 Å². The van der Waals surface area contributed by atoms with Gasteiger partial charge in [0, 0.05) is 18.1 Å². The van der Waals surface area contributed by atoms with E-state index in [9.17, 15) is 20.2 Å². The molecule has 0 saturated heterocycles. The van der Waals surface area contributed by atoms with Crippen LogP contribution in [0.4, 0.5) is 11.4 Å². The Morgan fingerprint density at radius 3 is 2.61 bits per heavy atom. The van der Waals surface area contributed by atoms with Crippen molar-refractivity contribution in [3.63, 3.8) is 0 Å². The molecule has 0 fully saturated rings. The summed E-state index contributed by atoms with van der Waals surface area (Å²) >= 11 is 0.892. The van der Waals surface area contributed by atoms with Gasteiger partial charge >= 0.3 is 0 Å². The summed E-state index contributed by atoms with van der Waals surface area (Å²) in [7, 11) is 0. The van der Waals surface area contributed by atoms with Crippen molar-refractivity contribution < 1.29 is 14.0 Å². The normalized spacial score (nSPS) is 16.1.